The Morgan fingerprint density at radius 2 is 1.58 bits per heavy atom. The summed E-state index contributed by atoms with van der Waals surface area (Å²) in [5.74, 6) is -22.3. The standard InChI is InChI=1S/C12H9F9N2O3/c1-25-8(24)5-2-3-6(23-7(5)22)26-4-9(13,14)10(15,16)11(17,18)12(19,20)21/h2-3H,4H2,1H3,(H2,22,23). The highest BCUT2D eigenvalue weighted by Crippen LogP contribution is 2.53. The number of ether oxygens (including phenoxy) is 2. The molecule has 0 amide bonds. The van der Waals surface area contributed by atoms with E-state index in [0.29, 0.717) is 6.07 Å². The van der Waals surface area contributed by atoms with Crippen LogP contribution in [0.5, 0.6) is 5.88 Å². The Morgan fingerprint density at radius 3 is 2.00 bits per heavy atom. The molecule has 0 aliphatic heterocycles. The summed E-state index contributed by atoms with van der Waals surface area (Å²) in [5.41, 5.74) is 4.89. The van der Waals surface area contributed by atoms with Crippen LogP contribution in [-0.4, -0.2) is 48.6 Å². The second-order valence-electron chi connectivity index (χ2n) is 4.71. The number of carbonyl (C=O) groups is 1. The highest BCUT2D eigenvalue weighted by atomic mass is 19.4. The molecule has 5 nitrogen and oxygen atoms in total. The molecule has 1 heterocycles. The van der Waals surface area contributed by atoms with Crippen LogP contribution in [0.25, 0.3) is 0 Å². The molecule has 1 aromatic heterocycles. The molecule has 0 fully saturated rings. The molecular weight excluding hydrogens is 391 g/mol. The van der Waals surface area contributed by atoms with Crippen LogP contribution in [0.3, 0.4) is 0 Å². The predicted octanol–water partition coefficient (Wildman–Crippen LogP) is 3.30. The molecule has 1 aromatic rings. The minimum absolute atomic E-state index is 0.361. The first-order valence-electron chi connectivity index (χ1n) is 6.26. The Kier molecular flexibility index (Phi) is 5.59. The van der Waals surface area contributed by atoms with Gasteiger partial charge in [-0.05, 0) is 6.07 Å². The summed E-state index contributed by atoms with van der Waals surface area (Å²) < 4.78 is 122. The molecule has 0 spiro atoms. The SMILES string of the molecule is COC(=O)c1ccc(OCC(F)(F)C(F)(F)C(F)(F)C(F)(F)F)nc1N. The van der Waals surface area contributed by atoms with E-state index in [1.165, 1.54) is 0 Å². The topological polar surface area (TPSA) is 74.4 Å². The van der Waals surface area contributed by atoms with Crippen LogP contribution in [0.15, 0.2) is 12.1 Å². The molecule has 0 bridgehead atoms. The quantitative estimate of drug-likeness (QED) is 0.586. The van der Waals surface area contributed by atoms with Gasteiger partial charge in [-0.3, -0.25) is 0 Å². The third kappa shape index (κ3) is 3.72. The van der Waals surface area contributed by atoms with Crippen LogP contribution in [0, 0.1) is 0 Å². The minimum atomic E-state index is -7.02. The number of methoxy groups -OCH3 is 1. The number of nitrogen functional groups attached to an aromatic ring is 1. The van der Waals surface area contributed by atoms with Crippen LogP contribution >= 0.6 is 0 Å². The van der Waals surface area contributed by atoms with Gasteiger partial charge in [-0.25, -0.2) is 4.79 Å². The Hall–Kier alpha value is -2.41. The van der Waals surface area contributed by atoms with Gasteiger partial charge in [0.05, 0.1) is 7.11 Å². The third-order valence-electron chi connectivity index (χ3n) is 2.92. The number of hydrogen-bond acceptors (Lipinski definition) is 5. The van der Waals surface area contributed by atoms with E-state index >= 15 is 0 Å². The predicted molar refractivity (Wildman–Crippen MR) is 66.4 cm³/mol. The summed E-state index contributed by atoms with van der Waals surface area (Å²) in [6.07, 6.45) is -6.93. The number of pyridine rings is 1. The molecule has 1 rings (SSSR count). The first-order valence-corrected chi connectivity index (χ1v) is 6.26. The number of nitrogens with two attached hydrogens (primary N) is 1. The van der Waals surface area contributed by atoms with Crippen molar-refractivity contribution < 1.29 is 53.8 Å². The first kappa shape index (κ1) is 21.6. The summed E-state index contributed by atoms with van der Waals surface area (Å²) in [4.78, 5) is 14.4. The van der Waals surface area contributed by atoms with Gasteiger partial charge in [0.2, 0.25) is 5.88 Å². The molecule has 0 radical (unpaired) electrons. The highest BCUT2D eigenvalue weighted by Gasteiger charge is 2.81. The fourth-order valence-electron chi connectivity index (χ4n) is 1.48. The Labute approximate surface area is 138 Å². The summed E-state index contributed by atoms with van der Waals surface area (Å²) >= 11 is 0. The van der Waals surface area contributed by atoms with Crippen molar-refractivity contribution in [3.05, 3.63) is 17.7 Å². The Bertz CT molecular complexity index is 676. The first-order chi connectivity index (χ1) is 11.6. The lowest BCUT2D eigenvalue weighted by molar-refractivity contribution is -0.398. The van der Waals surface area contributed by atoms with Gasteiger partial charge >= 0.3 is 29.9 Å². The van der Waals surface area contributed by atoms with Gasteiger partial charge in [-0.1, -0.05) is 0 Å². The number of alkyl halides is 9. The zero-order valence-corrected chi connectivity index (χ0v) is 12.5. The lowest BCUT2D eigenvalue weighted by atomic mass is 10.0. The third-order valence-corrected chi connectivity index (χ3v) is 2.92. The fraction of sp³-hybridized carbons (Fsp3) is 0.500. The van der Waals surface area contributed by atoms with E-state index in [1.807, 2.05) is 0 Å². The van der Waals surface area contributed by atoms with E-state index in [4.69, 9.17) is 5.73 Å². The van der Waals surface area contributed by atoms with E-state index in [2.05, 4.69) is 14.5 Å². The molecular formula is C12H9F9N2O3. The van der Waals surface area contributed by atoms with E-state index < -0.39 is 48.2 Å². The molecule has 0 atom stereocenters. The van der Waals surface area contributed by atoms with Crippen LogP contribution in [0.4, 0.5) is 45.3 Å². The average Bonchev–Trinajstić information content (AvgIpc) is 2.51. The zero-order chi connectivity index (χ0) is 20.6. The summed E-state index contributed by atoms with van der Waals surface area (Å²) in [6, 6.07) is 1.49. The Balaban J connectivity index is 3.01. The highest BCUT2D eigenvalue weighted by molar-refractivity contribution is 5.94. The van der Waals surface area contributed by atoms with Crippen molar-refractivity contribution >= 4 is 11.8 Å². The van der Waals surface area contributed by atoms with Gasteiger partial charge in [0, 0.05) is 6.07 Å². The number of hydrogen-bond donors (Lipinski definition) is 1. The van der Waals surface area contributed by atoms with Crippen molar-refractivity contribution in [3.8, 4) is 5.88 Å². The Morgan fingerprint density at radius 1 is 1.04 bits per heavy atom. The maximum Gasteiger partial charge on any atom is 0.460 e. The number of anilines is 1. The van der Waals surface area contributed by atoms with Crippen molar-refractivity contribution in [2.24, 2.45) is 0 Å². The molecule has 2 N–H and O–H groups in total. The van der Waals surface area contributed by atoms with Crippen molar-refractivity contribution in [3.63, 3.8) is 0 Å². The maximum absolute atomic E-state index is 13.3. The second kappa shape index (κ2) is 6.72. The van der Waals surface area contributed by atoms with Crippen LogP contribution < -0.4 is 10.5 Å². The van der Waals surface area contributed by atoms with E-state index in [0.717, 1.165) is 13.2 Å². The second-order valence-corrected chi connectivity index (χ2v) is 4.71. The monoisotopic (exact) mass is 400 g/mol. The average molecular weight is 400 g/mol. The summed E-state index contributed by atoms with van der Waals surface area (Å²) in [5, 5.41) is 0. The van der Waals surface area contributed by atoms with Crippen molar-refractivity contribution in [2.75, 3.05) is 19.5 Å². The van der Waals surface area contributed by atoms with Gasteiger partial charge in [0.25, 0.3) is 0 Å². The van der Waals surface area contributed by atoms with Gasteiger partial charge in [-0.15, -0.1) is 0 Å². The minimum Gasteiger partial charge on any atom is -0.471 e. The lowest BCUT2D eigenvalue weighted by Gasteiger charge is -2.33. The molecule has 0 saturated heterocycles. The molecule has 0 unspecified atom stereocenters. The number of esters is 1. The number of carbonyl (C=O) groups excluding carboxylic acids is 1. The lowest BCUT2D eigenvalue weighted by Crippen LogP contribution is -2.62. The smallest absolute Gasteiger partial charge is 0.460 e. The zero-order valence-electron chi connectivity index (χ0n) is 12.5. The fourth-order valence-corrected chi connectivity index (χ4v) is 1.48. The molecule has 14 heteroatoms. The maximum atomic E-state index is 13.3. The number of rotatable bonds is 6. The van der Waals surface area contributed by atoms with Crippen LogP contribution in [-0.2, 0) is 4.74 Å². The normalized spacial score (nSPS) is 13.5. The van der Waals surface area contributed by atoms with Gasteiger partial charge in [0.1, 0.15) is 11.4 Å². The molecule has 26 heavy (non-hydrogen) atoms. The number of nitrogens with zero attached hydrogens (tertiary/aromatic N) is 1. The largest absolute Gasteiger partial charge is 0.471 e. The van der Waals surface area contributed by atoms with E-state index in [-0.39, 0.29) is 5.56 Å². The number of aromatic nitrogens is 1. The van der Waals surface area contributed by atoms with Crippen molar-refractivity contribution in [1.29, 1.82) is 0 Å². The van der Waals surface area contributed by atoms with Crippen LogP contribution in [0.2, 0.25) is 0 Å². The number of halogens is 9. The van der Waals surface area contributed by atoms with E-state index in [1.54, 1.807) is 0 Å². The molecule has 0 saturated carbocycles. The molecule has 0 aliphatic carbocycles. The summed E-state index contributed by atoms with van der Waals surface area (Å²) in [6.45, 7) is -2.57. The van der Waals surface area contributed by atoms with Crippen molar-refractivity contribution in [2.45, 2.75) is 23.9 Å². The summed E-state index contributed by atoms with van der Waals surface area (Å²) in [7, 11) is 0.968. The van der Waals surface area contributed by atoms with E-state index in [9.17, 15) is 44.3 Å². The van der Waals surface area contributed by atoms with Crippen molar-refractivity contribution in [1.82, 2.24) is 4.98 Å². The van der Waals surface area contributed by atoms with Gasteiger partial charge in [-0.2, -0.15) is 44.5 Å². The van der Waals surface area contributed by atoms with Gasteiger partial charge < -0.3 is 15.2 Å². The molecule has 0 aromatic carbocycles. The molecule has 148 valence electrons. The molecule has 0 aliphatic rings. The van der Waals surface area contributed by atoms with Crippen LogP contribution in [0.1, 0.15) is 10.4 Å². The van der Waals surface area contributed by atoms with Gasteiger partial charge in [0.15, 0.2) is 6.61 Å².